The molecule has 3 heteroatoms. The molecule has 2 rings (SSSR count). The number of aryl methyl sites for hydroxylation is 2. The molecule has 0 unspecified atom stereocenters. The zero-order valence-electron chi connectivity index (χ0n) is 10.3. The Morgan fingerprint density at radius 2 is 1.94 bits per heavy atom. The summed E-state index contributed by atoms with van der Waals surface area (Å²) in [6.07, 6.45) is 7.27. The summed E-state index contributed by atoms with van der Waals surface area (Å²) in [5.74, 6) is 0. The van der Waals surface area contributed by atoms with Crippen LogP contribution in [0.25, 0.3) is 5.69 Å². The third kappa shape index (κ3) is 3.17. The van der Waals surface area contributed by atoms with Crippen LogP contribution >= 0.6 is 0 Å². The predicted molar refractivity (Wildman–Crippen MR) is 70.3 cm³/mol. The molecule has 3 nitrogen and oxygen atoms in total. The lowest BCUT2D eigenvalue weighted by Gasteiger charge is -2.04. The second-order valence-electron chi connectivity index (χ2n) is 4.37. The maximum absolute atomic E-state index is 5.48. The Morgan fingerprint density at radius 3 is 2.53 bits per heavy atom. The van der Waals surface area contributed by atoms with Crippen LogP contribution in [0.1, 0.15) is 24.0 Å². The number of rotatable bonds is 5. The molecule has 90 valence electrons. The van der Waals surface area contributed by atoms with E-state index in [0.29, 0.717) is 0 Å². The molecule has 0 radical (unpaired) electrons. The Hall–Kier alpha value is -1.61. The number of hydrogen-bond acceptors (Lipinski definition) is 2. The van der Waals surface area contributed by atoms with Crippen LogP contribution in [0.2, 0.25) is 0 Å². The normalized spacial score (nSPS) is 10.7. The largest absolute Gasteiger partial charge is 0.330 e. The number of aromatic nitrogens is 2. The number of nitrogens with two attached hydrogens (primary N) is 1. The van der Waals surface area contributed by atoms with E-state index in [1.54, 1.807) is 0 Å². The van der Waals surface area contributed by atoms with Crippen molar-refractivity contribution in [3.8, 4) is 5.69 Å². The first-order chi connectivity index (χ1) is 8.29. The Bertz CT molecular complexity index is 457. The van der Waals surface area contributed by atoms with Crippen LogP contribution in [-0.2, 0) is 6.42 Å². The van der Waals surface area contributed by atoms with Gasteiger partial charge in [-0.05, 0) is 56.0 Å². The fourth-order valence-electron chi connectivity index (χ4n) is 1.84. The smallest absolute Gasteiger partial charge is 0.0645 e. The fourth-order valence-corrected chi connectivity index (χ4v) is 1.84. The van der Waals surface area contributed by atoms with Crippen molar-refractivity contribution in [2.45, 2.75) is 26.2 Å². The molecule has 1 aromatic heterocycles. The summed E-state index contributed by atoms with van der Waals surface area (Å²) in [5, 5.41) is 4.29. The van der Waals surface area contributed by atoms with E-state index >= 15 is 0 Å². The minimum Gasteiger partial charge on any atom is -0.330 e. The van der Waals surface area contributed by atoms with E-state index < -0.39 is 0 Å². The van der Waals surface area contributed by atoms with Crippen molar-refractivity contribution >= 4 is 0 Å². The number of nitrogens with zero attached hydrogens (tertiary/aromatic N) is 2. The molecular weight excluding hydrogens is 210 g/mol. The minimum absolute atomic E-state index is 0.782. The Kier molecular flexibility index (Phi) is 3.94. The molecule has 0 saturated heterocycles. The molecule has 0 aliphatic carbocycles. The summed E-state index contributed by atoms with van der Waals surface area (Å²) in [4.78, 5) is 0. The average molecular weight is 229 g/mol. The maximum Gasteiger partial charge on any atom is 0.0645 e. The third-order valence-electron chi connectivity index (χ3n) is 2.83. The second kappa shape index (κ2) is 5.64. The van der Waals surface area contributed by atoms with Gasteiger partial charge in [0.25, 0.3) is 0 Å². The first-order valence-electron chi connectivity index (χ1n) is 6.10. The molecule has 2 N–H and O–H groups in total. The first kappa shape index (κ1) is 11.9. The van der Waals surface area contributed by atoms with Gasteiger partial charge in [-0.3, -0.25) is 0 Å². The van der Waals surface area contributed by atoms with E-state index in [0.717, 1.165) is 31.5 Å². The van der Waals surface area contributed by atoms with Gasteiger partial charge in [0.1, 0.15) is 0 Å². The van der Waals surface area contributed by atoms with Gasteiger partial charge in [-0.1, -0.05) is 12.1 Å². The molecule has 0 aliphatic heterocycles. The molecular formula is C14H19N3. The zero-order valence-corrected chi connectivity index (χ0v) is 10.3. The second-order valence-corrected chi connectivity index (χ2v) is 4.37. The fraction of sp³-hybridized carbons (Fsp3) is 0.357. The van der Waals surface area contributed by atoms with E-state index in [1.807, 2.05) is 24.0 Å². The van der Waals surface area contributed by atoms with Gasteiger partial charge in [0.15, 0.2) is 0 Å². The van der Waals surface area contributed by atoms with Crippen molar-refractivity contribution in [3.05, 3.63) is 47.8 Å². The Labute approximate surface area is 102 Å². The van der Waals surface area contributed by atoms with Crippen LogP contribution in [0, 0.1) is 6.92 Å². The van der Waals surface area contributed by atoms with Crippen LogP contribution in [0.5, 0.6) is 0 Å². The highest BCUT2D eigenvalue weighted by molar-refractivity contribution is 5.34. The predicted octanol–water partition coefficient (Wildman–Crippen LogP) is 2.46. The van der Waals surface area contributed by atoms with Gasteiger partial charge in [-0.25, -0.2) is 4.68 Å². The maximum atomic E-state index is 5.48. The monoisotopic (exact) mass is 229 g/mol. The van der Waals surface area contributed by atoms with E-state index in [4.69, 9.17) is 5.73 Å². The topological polar surface area (TPSA) is 43.8 Å². The van der Waals surface area contributed by atoms with E-state index in [9.17, 15) is 0 Å². The van der Waals surface area contributed by atoms with Gasteiger partial charge in [0.2, 0.25) is 0 Å². The number of unbranched alkanes of at least 4 members (excludes halogenated alkanes) is 1. The molecule has 0 saturated carbocycles. The van der Waals surface area contributed by atoms with Crippen LogP contribution < -0.4 is 5.73 Å². The molecule has 0 amide bonds. The Balaban J connectivity index is 2.02. The lowest BCUT2D eigenvalue weighted by molar-refractivity contribution is 0.744. The van der Waals surface area contributed by atoms with Crippen LogP contribution in [0.3, 0.4) is 0 Å². The highest BCUT2D eigenvalue weighted by Crippen LogP contribution is 2.11. The molecule has 0 fully saturated rings. The van der Waals surface area contributed by atoms with Crippen molar-refractivity contribution in [2.75, 3.05) is 6.54 Å². The summed E-state index contributed by atoms with van der Waals surface area (Å²) in [6, 6.07) is 8.57. The van der Waals surface area contributed by atoms with Gasteiger partial charge >= 0.3 is 0 Å². The van der Waals surface area contributed by atoms with E-state index in [-0.39, 0.29) is 0 Å². The Morgan fingerprint density at radius 1 is 1.18 bits per heavy atom. The number of hydrogen-bond donors (Lipinski definition) is 1. The van der Waals surface area contributed by atoms with Crippen LogP contribution in [0.15, 0.2) is 36.7 Å². The lowest BCUT2D eigenvalue weighted by atomic mass is 10.1. The van der Waals surface area contributed by atoms with Crippen molar-refractivity contribution in [2.24, 2.45) is 5.73 Å². The summed E-state index contributed by atoms with van der Waals surface area (Å²) in [5.41, 5.74) is 9.14. The molecule has 1 aromatic carbocycles. The molecule has 17 heavy (non-hydrogen) atoms. The van der Waals surface area contributed by atoms with Crippen molar-refractivity contribution in [1.82, 2.24) is 9.78 Å². The quantitative estimate of drug-likeness (QED) is 0.800. The van der Waals surface area contributed by atoms with E-state index in [1.165, 1.54) is 11.1 Å². The zero-order chi connectivity index (χ0) is 12.1. The van der Waals surface area contributed by atoms with Crippen molar-refractivity contribution < 1.29 is 0 Å². The molecule has 0 atom stereocenters. The average Bonchev–Trinajstić information content (AvgIpc) is 2.77. The van der Waals surface area contributed by atoms with Gasteiger partial charge < -0.3 is 5.73 Å². The highest BCUT2D eigenvalue weighted by Gasteiger charge is 1.98. The van der Waals surface area contributed by atoms with Gasteiger partial charge in [0.05, 0.1) is 11.9 Å². The molecule has 1 heterocycles. The summed E-state index contributed by atoms with van der Waals surface area (Å²) >= 11 is 0. The first-order valence-corrected chi connectivity index (χ1v) is 6.10. The van der Waals surface area contributed by atoms with Crippen molar-refractivity contribution in [3.63, 3.8) is 0 Å². The van der Waals surface area contributed by atoms with Gasteiger partial charge in [-0.15, -0.1) is 0 Å². The SMILES string of the molecule is Cc1cnn(-c2ccc(CCCCN)cc2)c1. The summed E-state index contributed by atoms with van der Waals surface area (Å²) in [6.45, 7) is 2.83. The van der Waals surface area contributed by atoms with Gasteiger partial charge in [0, 0.05) is 6.20 Å². The lowest BCUT2D eigenvalue weighted by Crippen LogP contribution is -1.99. The molecule has 0 spiro atoms. The van der Waals surface area contributed by atoms with Crippen LogP contribution in [0.4, 0.5) is 0 Å². The van der Waals surface area contributed by atoms with Crippen LogP contribution in [-0.4, -0.2) is 16.3 Å². The molecule has 2 aromatic rings. The summed E-state index contributed by atoms with van der Waals surface area (Å²) < 4.78 is 1.90. The van der Waals surface area contributed by atoms with Gasteiger partial charge in [-0.2, -0.15) is 5.10 Å². The molecule has 0 bridgehead atoms. The van der Waals surface area contributed by atoms with E-state index in [2.05, 4.69) is 29.4 Å². The third-order valence-corrected chi connectivity index (χ3v) is 2.83. The molecule has 0 aliphatic rings. The highest BCUT2D eigenvalue weighted by atomic mass is 15.3. The standard InChI is InChI=1S/C14H19N3/c1-12-10-16-17(11-12)14-7-5-13(6-8-14)4-2-3-9-15/h5-8,10-11H,2-4,9,15H2,1H3. The van der Waals surface area contributed by atoms with Crippen molar-refractivity contribution in [1.29, 1.82) is 0 Å². The summed E-state index contributed by atoms with van der Waals surface area (Å²) in [7, 11) is 0. The minimum atomic E-state index is 0.782. The number of benzene rings is 1.